The Morgan fingerprint density at radius 2 is 2.19 bits per heavy atom. The van der Waals surface area contributed by atoms with Gasteiger partial charge < -0.3 is 5.32 Å². The predicted octanol–water partition coefficient (Wildman–Crippen LogP) is 3.47. The summed E-state index contributed by atoms with van der Waals surface area (Å²) in [6.45, 7) is 2.89. The Balaban J connectivity index is 1.47. The van der Waals surface area contributed by atoms with E-state index < -0.39 is 11.9 Å². The number of aryl methyl sites for hydroxylation is 1. The number of alkyl halides is 3. The molecule has 0 radical (unpaired) electrons. The van der Waals surface area contributed by atoms with E-state index in [2.05, 4.69) is 15.5 Å². The standard InChI is InChI=1S/C17H21ClF3N5O/c1-11(9-25-10-13(18)8-23-25)16(27)22-5-2-6-26-14(12-3-4-12)7-15(24-26)17(19,20)21/h7-8,10-12H,2-6,9H2,1H3,(H,22,27). The van der Waals surface area contributed by atoms with Gasteiger partial charge in [-0.15, -0.1) is 0 Å². The third kappa shape index (κ3) is 5.24. The van der Waals surface area contributed by atoms with Gasteiger partial charge >= 0.3 is 6.18 Å². The molecular weight excluding hydrogens is 383 g/mol. The van der Waals surface area contributed by atoms with Crippen LogP contribution >= 0.6 is 11.6 Å². The van der Waals surface area contributed by atoms with Crippen LogP contribution in [0.3, 0.4) is 0 Å². The van der Waals surface area contributed by atoms with Crippen LogP contribution in [-0.2, 0) is 24.1 Å². The van der Waals surface area contributed by atoms with Gasteiger partial charge in [0.1, 0.15) is 0 Å². The highest BCUT2D eigenvalue weighted by Crippen LogP contribution is 2.42. The molecule has 2 aromatic rings. The maximum Gasteiger partial charge on any atom is 0.435 e. The van der Waals surface area contributed by atoms with Gasteiger partial charge in [-0.3, -0.25) is 14.2 Å². The molecule has 2 heterocycles. The summed E-state index contributed by atoms with van der Waals surface area (Å²) in [6, 6.07) is 1.15. The molecule has 0 aliphatic heterocycles. The number of rotatable bonds is 8. The number of amides is 1. The Morgan fingerprint density at radius 3 is 2.78 bits per heavy atom. The molecule has 148 valence electrons. The largest absolute Gasteiger partial charge is 0.435 e. The summed E-state index contributed by atoms with van der Waals surface area (Å²) in [4.78, 5) is 12.1. The van der Waals surface area contributed by atoms with Gasteiger partial charge in [-0.25, -0.2) is 0 Å². The minimum Gasteiger partial charge on any atom is -0.356 e. The Kier molecular flexibility index (Phi) is 5.78. The van der Waals surface area contributed by atoms with E-state index in [0.29, 0.717) is 36.8 Å². The molecule has 1 unspecified atom stereocenters. The summed E-state index contributed by atoms with van der Waals surface area (Å²) in [5, 5.41) is 11.0. The summed E-state index contributed by atoms with van der Waals surface area (Å²) >= 11 is 5.79. The van der Waals surface area contributed by atoms with Crippen molar-refractivity contribution in [1.29, 1.82) is 0 Å². The van der Waals surface area contributed by atoms with Crippen LogP contribution in [0.4, 0.5) is 13.2 Å². The van der Waals surface area contributed by atoms with Gasteiger partial charge in [0.05, 0.1) is 23.7 Å². The van der Waals surface area contributed by atoms with Crippen LogP contribution in [-0.4, -0.2) is 32.0 Å². The smallest absolute Gasteiger partial charge is 0.356 e. The van der Waals surface area contributed by atoms with Gasteiger partial charge in [0.2, 0.25) is 5.91 Å². The lowest BCUT2D eigenvalue weighted by molar-refractivity contribution is -0.141. The third-order valence-electron chi connectivity index (χ3n) is 4.45. The highest BCUT2D eigenvalue weighted by molar-refractivity contribution is 6.30. The average molecular weight is 404 g/mol. The monoisotopic (exact) mass is 403 g/mol. The zero-order valence-electron chi connectivity index (χ0n) is 14.8. The van der Waals surface area contributed by atoms with Gasteiger partial charge in [0.15, 0.2) is 5.69 Å². The Hall–Kier alpha value is -2.03. The lowest BCUT2D eigenvalue weighted by Gasteiger charge is -2.13. The molecule has 2 aromatic heterocycles. The fraction of sp³-hybridized carbons (Fsp3) is 0.588. The molecule has 3 rings (SSSR count). The normalized spacial score (nSPS) is 15.7. The number of nitrogens with one attached hydrogen (secondary N) is 1. The molecule has 0 aromatic carbocycles. The summed E-state index contributed by atoms with van der Waals surface area (Å²) < 4.78 is 41.7. The van der Waals surface area contributed by atoms with Crippen molar-refractivity contribution in [2.75, 3.05) is 6.54 Å². The van der Waals surface area contributed by atoms with E-state index in [0.717, 1.165) is 18.9 Å². The van der Waals surface area contributed by atoms with Crippen LogP contribution in [0.1, 0.15) is 43.5 Å². The first-order valence-corrected chi connectivity index (χ1v) is 9.22. The molecular formula is C17H21ClF3N5O. The summed E-state index contributed by atoms with van der Waals surface area (Å²) in [6.07, 6.45) is 1.01. The second-order valence-electron chi connectivity index (χ2n) is 6.88. The third-order valence-corrected chi connectivity index (χ3v) is 4.65. The molecule has 1 saturated carbocycles. The minimum atomic E-state index is -4.44. The number of aromatic nitrogens is 4. The Morgan fingerprint density at radius 1 is 1.44 bits per heavy atom. The Bertz CT molecular complexity index is 797. The van der Waals surface area contributed by atoms with E-state index in [1.54, 1.807) is 17.8 Å². The molecule has 0 saturated heterocycles. The maximum absolute atomic E-state index is 12.9. The first kappa shape index (κ1) is 19.7. The molecule has 10 heteroatoms. The quantitative estimate of drug-likeness (QED) is 0.686. The minimum absolute atomic E-state index is 0.138. The van der Waals surface area contributed by atoms with Gasteiger partial charge in [-0.1, -0.05) is 18.5 Å². The van der Waals surface area contributed by atoms with Crippen molar-refractivity contribution < 1.29 is 18.0 Å². The predicted molar refractivity (Wildman–Crippen MR) is 93.2 cm³/mol. The number of hydrogen-bond donors (Lipinski definition) is 1. The van der Waals surface area contributed by atoms with Gasteiger partial charge in [-0.05, 0) is 25.3 Å². The van der Waals surface area contributed by atoms with E-state index >= 15 is 0 Å². The van der Waals surface area contributed by atoms with Crippen LogP contribution in [0.25, 0.3) is 0 Å². The number of halogens is 4. The molecule has 1 fully saturated rings. The van der Waals surface area contributed by atoms with Crippen molar-refractivity contribution >= 4 is 17.5 Å². The van der Waals surface area contributed by atoms with Crippen molar-refractivity contribution in [3.63, 3.8) is 0 Å². The fourth-order valence-corrected chi connectivity index (χ4v) is 3.03. The first-order valence-electron chi connectivity index (χ1n) is 8.84. The van der Waals surface area contributed by atoms with Crippen molar-refractivity contribution in [1.82, 2.24) is 24.9 Å². The van der Waals surface area contributed by atoms with E-state index in [-0.39, 0.29) is 17.7 Å². The molecule has 1 aliphatic carbocycles. The van der Waals surface area contributed by atoms with Crippen molar-refractivity contribution in [2.24, 2.45) is 5.92 Å². The SMILES string of the molecule is CC(Cn1cc(Cl)cn1)C(=O)NCCCn1nc(C(F)(F)F)cc1C1CC1. The number of hydrogen-bond acceptors (Lipinski definition) is 3. The van der Waals surface area contributed by atoms with Crippen molar-refractivity contribution in [3.8, 4) is 0 Å². The lowest BCUT2D eigenvalue weighted by Crippen LogP contribution is -2.32. The Labute approximate surface area is 159 Å². The van der Waals surface area contributed by atoms with Crippen LogP contribution in [0.2, 0.25) is 5.02 Å². The van der Waals surface area contributed by atoms with E-state index in [9.17, 15) is 18.0 Å². The molecule has 27 heavy (non-hydrogen) atoms. The first-order chi connectivity index (χ1) is 12.7. The number of nitrogens with zero attached hydrogens (tertiary/aromatic N) is 4. The zero-order valence-corrected chi connectivity index (χ0v) is 15.6. The maximum atomic E-state index is 12.9. The van der Waals surface area contributed by atoms with Crippen LogP contribution in [0, 0.1) is 5.92 Å². The molecule has 1 N–H and O–H groups in total. The molecule has 6 nitrogen and oxygen atoms in total. The second-order valence-corrected chi connectivity index (χ2v) is 7.31. The summed E-state index contributed by atoms with van der Waals surface area (Å²) in [5.41, 5.74) is -0.211. The molecule has 1 aliphatic rings. The lowest BCUT2D eigenvalue weighted by atomic mass is 10.1. The summed E-state index contributed by atoms with van der Waals surface area (Å²) in [7, 11) is 0. The molecule has 1 amide bonds. The van der Waals surface area contributed by atoms with E-state index in [1.807, 2.05) is 0 Å². The second kappa shape index (κ2) is 7.92. The van der Waals surface area contributed by atoms with E-state index in [4.69, 9.17) is 11.6 Å². The van der Waals surface area contributed by atoms with Crippen LogP contribution in [0.15, 0.2) is 18.5 Å². The fourth-order valence-electron chi connectivity index (χ4n) is 2.87. The van der Waals surface area contributed by atoms with Gasteiger partial charge in [0, 0.05) is 30.9 Å². The van der Waals surface area contributed by atoms with E-state index in [1.165, 1.54) is 10.9 Å². The molecule has 0 bridgehead atoms. The van der Waals surface area contributed by atoms with Crippen LogP contribution in [0.5, 0.6) is 0 Å². The van der Waals surface area contributed by atoms with Crippen molar-refractivity contribution in [2.45, 2.75) is 51.4 Å². The number of carbonyl (C=O) groups excluding carboxylic acids is 1. The molecule has 0 spiro atoms. The van der Waals surface area contributed by atoms with Gasteiger partial charge in [-0.2, -0.15) is 23.4 Å². The molecule has 1 atom stereocenters. The van der Waals surface area contributed by atoms with Crippen molar-refractivity contribution in [3.05, 3.63) is 34.9 Å². The highest BCUT2D eigenvalue weighted by atomic mass is 35.5. The average Bonchev–Trinajstić information content (AvgIpc) is 3.21. The topological polar surface area (TPSA) is 64.7 Å². The van der Waals surface area contributed by atoms with Crippen LogP contribution < -0.4 is 5.32 Å². The van der Waals surface area contributed by atoms with Gasteiger partial charge in [0.25, 0.3) is 0 Å². The highest BCUT2D eigenvalue weighted by Gasteiger charge is 2.37. The number of carbonyl (C=O) groups is 1. The zero-order chi connectivity index (χ0) is 19.6. The summed E-state index contributed by atoms with van der Waals surface area (Å²) in [5.74, 6) is -0.269.